The van der Waals surface area contributed by atoms with Crippen molar-refractivity contribution < 1.29 is 13.9 Å². The minimum absolute atomic E-state index is 0.0453. The molecule has 158 valence electrons. The Balaban J connectivity index is 1.21. The van der Waals surface area contributed by atoms with E-state index in [-0.39, 0.29) is 29.6 Å². The molecule has 2 saturated heterocycles. The Bertz CT molecular complexity index is 1100. The molecule has 2 aliphatic rings. The summed E-state index contributed by atoms with van der Waals surface area (Å²) < 4.78 is 27.1. The number of aryl methyl sites for hydroxylation is 1. The number of anilines is 1. The summed E-state index contributed by atoms with van der Waals surface area (Å²) in [5.41, 5.74) is 1.10. The maximum Gasteiger partial charge on any atom is 0.262 e. The summed E-state index contributed by atoms with van der Waals surface area (Å²) in [5, 5.41) is 7.84. The molecule has 2 atom stereocenters. The fraction of sp³-hybridized carbons (Fsp3) is 0.450. The molecule has 0 aliphatic carbocycles. The predicted octanol–water partition coefficient (Wildman–Crippen LogP) is 0.876. The molecule has 10 heteroatoms. The van der Waals surface area contributed by atoms with E-state index in [4.69, 9.17) is 9.47 Å². The SMILES string of the molecule is Cn1ncc2c(=O)[nH]c(CN3C[C@@H]4OCC(Nc5cccc(F)c5)CO[C@H]4C3)nc21. The molecular weight excluding hydrogens is 391 g/mol. The van der Waals surface area contributed by atoms with Gasteiger partial charge in [0.2, 0.25) is 0 Å². The largest absolute Gasteiger partial charge is 0.378 e. The van der Waals surface area contributed by atoms with Gasteiger partial charge < -0.3 is 19.8 Å². The number of rotatable bonds is 4. The molecule has 0 saturated carbocycles. The standard InChI is InChI=1S/C20H23FN6O3/c1-26-19-15(6-22-26)20(28)25-18(24-19)9-27-7-16-17(8-27)30-11-14(10-29-16)23-13-4-2-3-12(21)5-13/h2-6,14,16-17,23H,7-11H2,1H3,(H,24,25,28)/t16-,17-/m0/s1. The lowest BCUT2D eigenvalue weighted by atomic mass is 10.2. The topological polar surface area (TPSA) is 97.3 Å². The lowest BCUT2D eigenvalue weighted by Gasteiger charge is -2.19. The van der Waals surface area contributed by atoms with Crippen molar-refractivity contribution in [2.45, 2.75) is 24.8 Å². The summed E-state index contributed by atoms with van der Waals surface area (Å²) in [6.07, 6.45) is 1.40. The molecule has 2 N–H and O–H groups in total. The number of aromatic nitrogens is 4. The van der Waals surface area contributed by atoms with E-state index in [1.165, 1.54) is 18.3 Å². The number of nitrogens with zero attached hydrogens (tertiary/aromatic N) is 4. The number of aromatic amines is 1. The molecule has 0 radical (unpaired) electrons. The zero-order valence-electron chi connectivity index (χ0n) is 16.5. The van der Waals surface area contributed by atoms with Gasteiger partial charge in [0.25, 0.3) is 5.56 Å². The molecule has 2 aromatic heterocycles. The van der Waals surface area contributed by atoms with Crippen LogP contribution in [0.25, 0.3) is 11.0 Å². The third kappa shape index (κ3) is 3.81. The lowest BCUT2D eigenvalue weighted by molar-refractivity contribution is -0.00461. The number of ether oxygens (including phenoxy) is 2. The van der Waals surface area contributed by atoms with Crippen molar-refractivity contribution in [3.63, 3.8) is 0 Å². The van der Waals surface area contributed by atoms with Crippen LogP contribution in [-0.4, -0.2) is 69.2 Å². The van der Waals surface area contributed by atoms with Gasteiger partial charge in [-0.25, -0.2) is 9.37 Å². The maximum atomic E-state index is 13.4. The molecular formula is C20H23FN6O3. The Kier molecular flexibility index (Phi) is 4.97. The van der Waals surface area contributed by atoms with Crippen LogP contribution in [0.1, 0.15) is 5.82 Å². The number of fused-ring (bicyclic) bond motifs is 2. The Morgan fingerprint density at radius 1 is 1.27 bits per heavy atom. The Morgan fingerprint density at radius 3 is 2.77 bits per heavy atom. The molecule has 2 aliphatic heterocycles. The lowest BCUT2D eigenvalue weighted by Crippen LogP contribution is -2.31. The second-order valence-electron chi connectivity index (χ2n) is 7.81. The number of halogens is 1. The van der Waals surface area contributed by atoms with Gasteiger partial charge in [-0.3, -0.25) is 14.4 Å². The molecule has 9 nitrogen and oxygen atoms in total. The van der Waals surface area contributed by atoms with Crippen molar-refractivity contribution in [1.29, 1.82) is 0 Å². The van der Waals surface area contributed by atoms with Gasteiger partial charge in [-0.05, 0) is 18.2 Å². The molecule has 1 aromatic carbocycles. The summed E-state index contributed by atoms with van der Waals surface area (Å²) in [5.74, 6) is 0.317. The molecule has 5 rings (SSSR count). The Hall–Kier alpha value is -2.82. The normalized spacial score (nSPS) is 22.9. The maximum absolute atomic E-state index is 13.4. The van der Waals surface area contributed by atoms with E-state index in [0.717, 1.165) is 0 Å². The van der Waals surface area contributed by atoms with Crippen molar-refractivity contribution in [3.8, 4) is 0 Å². The number of likely N-dealkylation sites (tertiary alicyclic amines) is 1. The molecule has 0 bridgehead atoms. The summed E-state index contributed by atoms with van der Waals surface area (Å²) >= 11 is 0. The van der Waals surface area contributed by atoms with E-state index in [0.29, 0.717) is 55.4 Å². The highest BCUT2D eigenvalue weighted by Crippen LogP contribution is 2.22. The average Bonchev–Trinajstić information content (AvgIpc) is 3.22. The van der Waals surface area contributed by atoms with Crippen LogP contribution in [0, 0.1) is 5.82 Å². The molecule has 0 amide bonds. The van der Waals surface area contributed by atoms with E-state index in [2.05, 4.69) is 25.3 Å². The number of hydrogen-bond donors (Lipinski definition) is 2. The highest BCUT2D eigenvalue weighted by molar-refractivity contribution is 5.72. The predicted molar refractivity (Wildman–Crippen MR) is 108 cm³/mol. The summed E-state index contributed by atoms with van der Waals surface area (Å²) in [6, 6.07) is 6.32. The Labute approximate surface area is 171 Å². The molecule has 0 spiro atoms. The third-order valence-corrected chi connectivity index (χ3v) is 5.53. The quantitative estimate of drug-likeness (QED) is 0.654. The van der Waals surface area contributed by atoms with Crippen molar-refractivity contribution in [1.82, 2.24) is 24.6 Å². The van der Waals surface area contributed by atoms with Crippen LogP contribution in [0.3, 0.4) is 0 Å². The van der Waals surface area contributed by atoms with Gasteiger partial charge in [-0.15, -0.1) is 0 Å². The fourth-order valence-electron chi connectivity index (χ4n) is 4.06. The van der Waals surface area contributed by atoms with Crippen molar-refractivity contribution in [2.24, 2.45) is 7.05 Å². The molecule has 4 heterocycles. The van der Waals surface area contributed by atoms with Crippen molar-refractivity contribution in [3.05, 3.63) is 52.5 Å². The molecule has 0 unspecified atom stereocenters. The Morgan fingerprint density at radius 2 is 2.03 bits per heavy atom. The van der Waals surface area contributed by atoms with Crippen LogP contribution in [0.15, 0.2) is 35.3 Å². The van der Waals surface area contributed by atoms with Gasteiger partial charge in [0.1, 0.15) is 17.0 Å². The monoisotopic (exact) mass is 414 g/mol. The average molecular weight is 414 g/mol. The van der Waals surface area contributed by atoms with Crippen LogP contribution >= 0.6 is 0 Å². The zero-order chi connectivity index (χ0) is 20.7. The first-order chi connectivity index (χ1) is 14.5. The highest BCUT2D eigenvalue weighted by Gasteiger charge is 2.37. The minimum Gasteiger partial charge on any atom is -0.378 e. The van der Waals surface area contributed by atoms with E-state index < -0.39 is 0 Å². The van der Waals surface area contributed by atoms with E-state index in [1.54, 1.807) is 17.8 Å². The summed E-state index contributed by atoms with van der Waals surface area (Å²) in [6.45, 7) is 2.82. The smallest absolute Gasteiger partial charge is 0.262 e. The number of benzene rings is 1. The van der Waals surface area contributed by atoms with Gasteiger partial charge >= 0.3 is 0 Å². The molecule has 3 aromatic rings. The number of nitrogens with one attached hydrogen (secondary N) is 2. The first kappa shape index (κ1) is 19.2. The van der Waals surface area contributed by atoms with Gasteiger partial charge in [0, 0.05) is 25.8 Å². The van der Waals surface area contributed by atoms with Crippen LogP contribution in [0.5, 0.6) is 0 Å². The third-order valence-electron chi connectivity index (χ3n) is 5.53. The number of H-pyrrole nitrogens is 1. The van der Waals surface area contributed by atoms with Crippen LogP contribution in [0.4, 0.5) is 10.1 Å². The second kappa shape index (κ2) is 7.78. The van der Waals surface area contributed by atoms with E-state index in [1.807, 2.05) is 6.07 Å². The second-order valence-corrected chi connectivity index (χ2v) is 7.81. The summed E-state index contributed by atoms with van der Waals surface area (Å²) in [4.78, 5) is 21.8. The first-order valence-corrected chi connectivity index (χ1v) is 9.94. The summed E-state index contributed by atoms with van der Waals surface area (Å²) in [7, 11) is 1.77. The van der Waals surface area contributed by atoms with E-state index in [9.17, 15) is 9.18 Å². The van der Waals surface area contributed by atoms with E-state index >= 15 is 0 Å². The first-order valence-electron chi connectivity index (χ1n) is 9.94. The zero-order valence-corrected chi connectivity index (χ0v) is 16.5. The van der Waals surface area contributed by atoms with Gasteiger partial charge in [0.05, 0.1) is 44.2 Å². The molecule has 30 heavy (non-hydrogen) atoms. The van der Waals surface area contributed by atoms with Crippen LogP contribution in [0.2, 0.25) is 0 Å². The minimum atomic E-state index is -0.279. The van der Waals surface area contributed by atoms with Crippen molar-refractivity contribution >= 4 is 16.7 Å². The van der Waals surface area contributed by atoms with Gasteiger partial charge in [-0.2, -0.15) is 5.10 Å². The van der Waals surface area contributed by atoms with Crippen LogP contribution in [-0.2, 0) is 23.1 Å². The van der Waals surface area contributed by atoms with Gasteiger partial charge in [0.15, 0.2) is 5.65 Å². The fourth-order valence-corrected chi connectivity index (χ4v) is 4.06. The highest BCUT2D eigenvalue weighted by atomic mass is 19.1. The number of hydrogen-bond acceptors (Lipinski definition) is 7. The van der Waals surface area contributed by atoms with Crippen molar-refractivity contribution in [2.75, 3.05) is 31.6 Å². The van der Waals surface area contributed by atoms with Gasteiger partial charge in [-0.1, -0.05) is 6.07 Å². The molecule has 2 fully saturated rings. The van der Waals surface area contributed by atoms with Crippen LogP contribution < -0.4 is 10.9 Å².